The smallest absolute Gasteiger partial charge is 0.310 e. The molecule has 2 aliphatic carbocycles. The number of halogens is 1. The maximum absolute atomic E-state index is 12.9. The molecule has 0 aromatic heterocycles. The lowest BCUT2D eigenvalue weighted by Gasteiger charge is -2.51. The number of carbonyl (C=O) groups excluding carboxylic acids is 1. The Hall–Kier alpha value is -1.36. The standard InChI is InChI=1S/C26H32ClNO3/c1-25-9-2-10-26(16-30-26)23(25)13-20-21(24(29)31-22(20)14-25)15-28-11-7-18(8-12-28)17-3-5-19(27)6-4-17/h3-7,20-23H,2,8-16H2,1H3/t20-,21+,22+,23+,25+,26+/m0/s1. The van der Waals surface area contributed by atoms with Crippen LogP contribution in [0.1, 0.15) is 51.0 Å². The molecule has 3 aliphatic heterocycles. The molecule has 166 valence electrons. The second kappa shape index (κ2) is 7.33. The predicted molar refractivity (Wildman–Crippen MR) is 121 cm³/mol. The van der Waals surface area contributed by atoms with E-state index < -0.39 is 0 Å². The van der Waals surface area contributed by atoms with Crippen LogP contribution >= 0.6 is 11.6 Å². The summed E-state index contributed by atoms with van der Waals surface area (Å²) < 4.78 is 12.0. The highest BCUT2D eigenvalue weighted by Crippen LogP contribution is 2.62. The van der Waals surface area contributed by atoms with Crippen molar-refractivity contribution in [2.24, 2.45) is 23.2 Å². The van der Waals surface area contributed by atoms with E-state index in [1.165, 1.54) is 30.4 Å². The molecule has 0 radical (unpaired) electrons. The lowest BCUT2D eigenvalue weighted by molar-refractivity contribution is -0.147. The quantitative estimate of drug-likeness (QED) is 0.491. The number of benzene rings is 1. The van der Waals surface area contributed by atoms with Crippen LogP contribution in [0.4, 0.5) is 0 Å². The van der Waals surface area contributed by atoms with Crippen molar-refractivity contribution < 1.29 is 14.3 Å². The number of esters is 1. The lowest BCUT2D eigenvalue weighted by Crippen LogP contribution is -2.51. The summed E-state index contributed by atoms with van der Waals surface area (Å²) in [6, 6.07) is 8.11. The van der Waals surface area contributed by atoms with Gasteiger partial charge in [0, 0.05) is 30.6 Å². The predicted octanol–water partition coefficient (Wildman–Crippen LogP) is 4.96. The average molecular weight is 442 g/mol. The van der Waals surface area contributed by atoms with Crippen LogP contribution in [-0.4, -0.2) is 48.8 Å². The zero-order valence-electron chi connectivity index (χ0n) is 18.3. The van der Waals surface area contributed by atoms with Gasteiger partial charge in [-0.05, 0) is 73.1 Å². The third kappa shape index (κ3) is 3.46. The molecule has 1 aromatic carbocycles. The van der Waals surface area contributed by atoms with E-state index in [0.29, 0.717) is 11.8 Å². The summed E-state index contributed by atoms with van der Waals surface area (Å²) in [5.74, 6) is 0.990. The molecule has 0 N–H and O–H groups in total. The van der Waals surface area contributed by atoms with Crippen LogP contribution in [0.3, 0.4) is 0 Å². The van der Waals surface area contributed by atoms with Gasteiger partial charge < -0.3 is 9.47 Å². The largest absolute Gasteiger partial charge is 0.462 e. The van der Waals surface area contributed by atoms with Crippen molar-refractivity contribution in [2.45, 2.75) is 57.2 Å². The number of hydrogen-bond acceptors (Lipinski definition) is 4. The molecule has 0 amide bonds. The second-order valence-electron chi connectivity index (χ2n) is 10.8. The maximum Gasteiger partial charge on any atom is 0.310 e. The molecule has 6 rings (SSSR count). The first-order valence-electron chi connectivity index (χ1n) is 12.0. The molecule has 3 heterocycles. The van der Waals surface area contributed by atoms with Gasteiger partial charge in [0.25, 0.3) is 0 Å². The number of ether oxygens (including phenoxy) is 2. The zero-order valence-corrected chi connectivity index (χ0v) is 19.1. The Morgan fingerprint density at radius 2 is 2.03 bits per heavy atom. The van der Waals surface area contributed by atoms with Crippen LogP contribution < -0.4 is 0 Å². The average Bonchev–Trinajstić information content (AvgIpc) is 3.46. The Kier molecular flexibility index (Phi) is 4.79. The van der Waals surface area contributed by atoms with E-state index in [0.717, 1.165) is 50.5 Å². The molecule has 6 atom stereocenters. The summed E-state index contributed by atoms with van der Waals surface area (Å²) in [4.78, 5) is 15.3. The highest BCUT2D eigenvalue weighted by atomic mass is 35.5. The molecule has 31 heavy (non-hydrogen) atoms. The van der Waals surface area contributed by atoms with E-state index in [9.17, 15) is 4.79 Å². The SMILES string of the molecule is C[C@]12CCC[C@@]3(CO3)[C@@H]1C[C@@H]1[C@@H](C2)OC(=O)[C@@H]1CN1CC=C(c2ccc(Cl)cc2)CC1. The number of fused-ring (bicyclic) bond motifs is 3. The fourth-order valence-corrected chi connectivity index (χ4v) is 7.37. The molecular weight excluding hydrogens is 410 g/mol. The van der Waals surface area contributed by atoms with Crippen molar-refractivity contribution in [1.29, 1.82) is 0 Å². The second-order valence-corrected chi connectivity index (χ2v) is 11.3. The van der Waals surface area contributed by atoms with Crippen LogP contribution in [0.25, 0.3) is 5.57 Å². The maximum atomic E-state index is 12.9. The first kappa shape index (κ1) is 20.3. The van der Waals surface area contributed by atoms with Crippen LogP contribution in [0.15, 0.2) is 30.3 Å². The molecule has 5 aliphatic rings. The molecule has 1 spiro atoms. The van der Waals surface area contributed by atoms with Crippen LogP contribution in [0.5, 0.6) is 0 Å². The molecule has 4 nitrogen and oxygen atoms in total. The van der Waals surface area contributed by atoms with Gasteiger partial charge in [0.15, 0.2) is 0 Å². The van der Waals surface area contributed by atoms with Gasteiger partial charge in [-0.1, -0.05) is 36.7 Å². The minimum Gasteiger partial charge on any atom is -0.462 e. The fraction of sp³-hybridized carbons (Fsp3) is 0.654. The number of nitrogens with zero attached hydrogens (tertiary/aromatic N) is 1. The fourth-order valence-electron chi connectivity index (χ4n) is 7.25. The van der Waals surface area contributed by atoms with Gasteiger partial charge in [-0.2, -0.15) is 0 Å². The van der Waals surface area contributed by atoms with E-state index in [2.05, 4.69) is 30.0 Å². The third-order valence-corrected chi connectivity index (χ3v) is 9.29. The van der Waals surface area contributed by atoms with Crippen molar-refractivity contribution in [3.63, 3.8) is 0 Å². The molecule has 2 saturated heterocycles. The molecular formula is C26H32ClNO3. The Balaban J connectivity index is 1.15. The summed E-state index contributed by atoms with van der Waals surface area (Å²) in [6.45, 7) is 6.05. The van der Waals surface area contributed by atoms with Crippen LogP contribution in [0.2, 0.25) is 5.02 Å². The van der Waals surface area contributed by atoms with Gasteiger partial charge in [0.1, 0.15) is 6.10 Å². The van der Waals surface area contributed by atoms with Crippen molar-refractivity contribution in [3.05, 3.63) is 40.9 Å². The van der Waals surface area contributed by atoms with E-state index in [-0.39, 0.29) is 29.0 Å². The number of rotatable bonds is 3. The third-order valence-electron chi connectivity index (χ3n) is 9.04. The van der Waals surface area contributed by atoms with Crippen LogP contribution in [0, 0.1) is 23.2 Å². The van der Waals surface area contributed by atoms with E-state index >= 15 is 0 Å². The molecule has 2 saturated carbocycles. The molecule has 1 aromatic rings. The Morgan fingerprint density at radius 3 is 2.74 bits per heavy atom. The summed E-state index contributed by atoms with van der Waals surface area (Å²) >= 11 is 6.03. The van der Waals surface area contributed by atoms with Crippen LogP contribution in [-0.2, 0) is 14.3 Å². The van der Waals surface area contributed by atoms with Crippen molar-refractivity contribution in [2.75, 3.05) is 26.2 Å². The van der Waals surface area contributed by atoms with Crippen molar-refractivity contribution in [3.8, 4) is 0 Å². The summed E-state index contributed by atoms with van der Waals surface area (Å²) in [5.41, 5.74) is 3.02. The van der Waals surface area contributed by atoms with E-state index in [1.807, 2.05) is 12.1 Å². The number of hydrogen-bond donors (Lipinski definition) is 0. The minimum absolute atomic E-state index is 0.0118. The molecule has 0 unspecified atom stereocenters. The first-order valence-corrected chi connectivity index (χ1v) is 12.4. The summed E-state index contributed by atoms with van der Waals surface area (Å²) in [5, 5.41) is 0.774. The first-order chi connectivity index (χ1) is 15.0. The van der Waals surface area contributed by atoms with E-state index in [4.69, 9.17) is 21.1 Å². The Morgan fingerprint density at radius 1 is 1.23 bits per heavy atom. The van der Waals surface area contributed by atoms with Gasteiger partial charge in [0.2, 0.25) is 0 Å². The Labute approximate surface area is 189 Å². The normalized spacial score (nSPS) is 42.0. The van der Waals surface area contributed by atoms with Crippen molar-refractivity contribution >= 4 is 23.1 Å². The highest BCUT2D eigenvalue weighted by molar-refractivity contribution is 6.30. The van der Waals surface area contributed by atoms with Crippen molar-refractivity contribution in [1.82, 2.24) is 4.90 Å². The monoisotopic (exact) mass is 441 g/mol. The number of epoxide rings is 1. The molecule has 5 heteroatoms. The summed E-state index contributed by atoms with van der Waals surface area (Å²) in [7, 11) is 0. The van der Waals surface area contributed by atoms with Gasteiger partial charge in [-0.15, -0.1) is 0 Å². The number of carbonyl (C=O) groups is 1. The summed E-state index contributed by atoms with van der Waals surface area (Å²) in [6.07, 6.45) is 9.25. The topological polar surface area (TPSA) is 42.1 Å². The molecule has 0 bridgehead atoms. The molecule has 4 fully saturated rings. The van der Waals surface area contributed by atoms with E-state index in [1.54, 1.807) is 0 Å². The minimum atomic E-state index is 0.0118. The highest BCUT2D eigenvalue weighted by Gasteiger charge is 2.65. The lowest BCUT2D eigenvalue weighted by atomic mass is 9.53. The van der Waals surface area contributed by atoms with Gasteiger partial charge in [-0.3, -0.25) is 9.69 Å². The van der Waals surface area contributed by atoms with Gasteiger partial charge in [-0.25, -0.2) is 0 Å². The van der Waals surface area contributed by atoms with Gasteiger partial charge in [0.05, 0.1) is 18.1 Å². The zero-order chi connectivity index (χ0) is 21.2. The van der Waals surface area contributed by atoms with Gasteiger partial charge >= 0.3 is 5.97 Å². The Bertz CT molecular complexity index is 908.